The van der Waals surface area contributed by atoms with E-state index in [-0.39, 0.29) is 11.9 Å². The number of rotatable bonds is 8. The number of carbonyl (C=O) groups is 1. The first-order chi connectivity index (χ1) is 8.59. The molecule has 0 aliphatic carbocycles. The Morgan fingerprint density at radius 3 is 2.83 bits per heavy atom. The molecule has 1 aromatic rings. The molecular weight excluding hydrogens is 228 g/mol. The van der Waals surface area contributed by atoms with Gasteiger partial charge in [0.15, 0.2) is 0 Å². The maximum Gasteiger partial charge on any atom is 0.221 e. The van der Waals surface area contributed by atoms with Gasteiger partial charge in [-0.3, -0.25) is 4.79 Å². The Hall–Kier alpha value is -1.36. The summed E-state index contributed by atoms with van der Waals surface area (Å²) in [5.41, 5.74) is 5.84. The van der Waals surface area contributed by atoms with Gasteiger partial charge in [-0.05, 0) is 18.8 Å². The summed E-state index contributed by atoms with van der Waals surface area (Å²) >= 11 is 0. The van der Waals surface area contributed by atoms with Gasteiger partial charge in [0, 0.05) is 37.9 Å². The van der Waals surface area contributed by atoms with Gasteiger partial charge in [-0.2, -0.15) is 0 Å². The highest BCUT2D eigenvalue weighted by Crippen LogP contribution is 2.02. The summed E-state index contributed by atoms with van der Waals surface area (Å²) in [5, 5.41) is 2.90. The summed E-state index contributed by atoms with van der Waals surface area (Å²) < 4.78 is 2.04. The number of unbranched alkanes of at least 4 members (excludes halogenated alkanes) is 1. The van der Waals surface area contributed by atoms with E-state index < -0.39 is 0 Å². The first kappa shape index (κ1) is 14.7. The lowest BCUT2D eigenvalue weighted by molar-refractivity contribution is -0.121. The quantitative estimate of drug-likeness (QED) is 0.682. The van der Waals surface area contributed by atoms with Gasteiger partial charge < -0.3 is 15.6 Å². The van der Waals surface area contributed by atoms with Crippen molar-refractivity contribution in [2.45, 2.75) is 45.7 Å². The van der Waals surface area contributed by atoms with Crippen LogP contribution in [0.5, 0.6) is 0 Å². The second kappa shape index (κ2) is 7.87. The van der Waals surface area contributed by atoms with E-state index >= 15 is 0 Å². The molecule has 102 valence electrons. The van der Waals surface area contributed by atoms with Gasteiger partial charge in [0.25, 0.3) is 0 Å². The predicted octanol–water partition coefficient (Wildman–Crippen LogP) is 1.15. The molecule has 0 saturated heterocycles. The molecule has 0 bridgehead atoms. The molecule has 1 atom stereocenters. The third-order valence-corrected chi connectivity index (χ3v) is 3.00. The van der Waals surface area contributed by atoms with Crippen molar-refractivity contribution in [1.82, 2.24) is 14.9 Å². The zero-order valence-electron chi connectivity index (χ0n) is 11.3. The lowest BCUT2D eigenvalue weighted by atomic mass is 10.0. The van der Waals surface area contributed by atoms with Crippen LogP contribution in [0.2, 0.25) is 0 Å². The number of aromatic nitrogens is 2. The van der Waals surface area contributed by atoms with Crippen LogP contribution < -0.4 is 11.1 Å². The van der Waals surface area contributed by atoms with Gasteiger partial charge in [-0.1, -0.05) is 13.8 Å². The molecule has 1 rings (SSSR count). The van der Waals surface area contributed by atoms with Crippen molar-refractivity contribution in [2.75, 3.05) is 6.54 Å². The summed E-state index contributed by atoms with van der Waals surface area (Å²) in [7, 11) is 0. The molecule has 1 amide bonds. The van der Waals surface area contributed by atoms with Gasteiger partial charge >= 0.3 is 0 Å². The van der Waals surface area contributed by atoms with E-state index in [4.69, 9.17) is 5.73 Å². The molecule has 0 fully saturated rings. The number of hydrogen-bond donors (Lipinski definition) is 2. The van der Waals surface area contributed by atoms with E-state index in [1.165, 1.54) is 0 Å². The van der Waals surface area contributed by atoms with Gasteiger partial charge in [0.1, 0.15) is 0 Å². The van der Waals surface area contributed by atoms with Crippen LogP contribution in [0.4, 0.5) is 0 Å². The number of amides is 1. The Kier molecular flexibility index (Phi) is 6.43. The number of imidazole rings is 1. The molecule has 1 heterocycles. The summed E-state index contributed by atoms with van der Waals surface area (Å²) in [6.07, 6.45) is 7.95. The molecule has 0 spiro atoms. The van der Waals surface area contributed by atoms with Crippen molar-refractivity contribution < 1.29 is 4.79 Å². The van der Waals surface area contributed by atoms with E-state index in [2.05, 4.69) is 10.3 Å². The number of nitrogens with two attached hydrogens (primary N) is 1. The molecule has 0 radical (unpaired) electrons. The van der Waals surface area contributed by atoms with Gasteiger partial charge in [0.2, 0.25) is 5.91 Å². The summed E-state index contributed by atoms with van der Waals surface area (Å²) in [6.45, 7) is 5.73. The first-order valence-electron chi connectivity index (χ1n) is 6.57. The molecule has 0 aliphatic rings. The van der Waals surface area contributed by atoms with Gasteiger partial charge in [-0.25, -0.2) is 4.98 Å². The second-order valence-corrected chi connectivity index (χ2v) is 4.97. The molecule has 5 heteroatoms. The minimum Gasteiger partial charge on any atom is -0.356 e. The fourth-order valence-electron chi connectivity index (χ4n) is 1.59. The van der Waals surface area contributed by atoms with Crippen molar-refractivity contribution >= 4 is 5.91 Å². The molecular formula is C13H24N4O. The van der Waals surface area contributed by atoms with Crippen LogP contribution in [0.3, 0.4) is 0 Å². The van der Waals surface area contributed by atoms with E-state index in [0.717, 1.165) is 25.9 Å². The van der Waals surface area contributed by atoms with E-state index in [1.807, 2.05) is 24.6 Å². The summed E-state index contributed by atoms with van der Waals surface area (Å²) in [6, 6.07) is -0.0454. The molecule has 0 aromatic carbocycles. The second-order valence-electron chi connectivity index (χ2n) is 4.97. The molecule has 1 unspecified atom stereocenters. The van der Waals surface area contributed by atoms with E-state index in [1.54, 1.807) is 12.5 Å². The number of nitrogens with zero attached hydrogens (tertiary/aromatic N) is 2. The standard InChI is InChI=1S/C13H24N4O/c1-11(2)12(14)9-13(18)16-5-3-4-7-17-8-6-15-10-17/h6,8,10-12H,3-5,7,9,14H2,1-2H3,(H,16,18). The van der Waals surface area contributed by atoms with Crippen molar-refractivity contribution in [3.63, 3.8) is 0 Å². The van der Waals surface area contributed by atoms with Crippen LogP contribution in [0, 0.1) is 5.92 Å². The van der Waals surface area contributed by atoms with Crippen LogP contribution in [0.15, 0.2) is 18.7 Å². The van der Waals surface area contributed by atoms with Crippen molar-refractivity contribution in [2.24, 2.45) is 11.7 Å². The molecule has 18 heavy (non-hydrogen) atoms. The van der Waals surface area contributed by atoms with Gasteiger partial charge in [0.05, 0.1) is 6.33 Å². The lowest BCUT2D eigenvalue weighted by Crippen LogP contribution is -2.35. The Morgan fingerprint density at radius 2 is 2.22 bits per heavy atom. The molecule has 1 aromatic heterocycles. The number of carbonyl (C=O) groups excluding carboxylic acids is 1. The average molecular weight is 252 g/mol. The van der Waals surface area contributed by atoms with Gasteiger partial charge in [-0.15, -0.1) is 0 Å². The highest BCUT2D eigenvalue weighted by molar-refractivity contribution is 5.76. The molecule has 0 aliphatic heterocycles. The minimum absolute atomic E-state index is 0.0454. The lowest BCUT2D eigenvalue weighted by Gasteiger charge is -2.14. The predicted molar refractivity (Wildman–Crippen MR) is 71.9 cm³/mol. The Labute approximate surface area is 109 Å². The van der Waals surface area contributed by atoms with Crippen molar-refractivity contribution in [1.29, 1.82) is 0 Å². The Bertz CT molecular complexity index is 335. The third-order valence-electron chi connectivity index (χ3n) is 3.00. The Morgan fingerprint density at radius 1 is 1.44 bits per heavy atom. The van der Waals surface area contributed by atoms with Crippen LogP contribution in [0.25, 0.3) is 0 Å². The smallest absolute Gasteiger partial charge is 0.221 e. The van der Waals surface area contributed by atoms with Crippen molar-refractivity contribution in [3.05, 3.63) is 18.7 Å². The van der Waals surface area contributed by atoms with Crippen molar-refractivity contribution in [3.8, 4) is 0 Å². The SMILES string of the molecule is CC(C)C(N)CC(=O)NCCCCn1ccnc1. The Balaban J connectivity index is 2.02. The fraction of sp³-hybridized carbons (Fsp3) is 0.692. The fourth-order valence-corrected chi connectivity index (χ4v) is 1.59. The van der Waals surface area contributed by atoms with Crippen LogP contribution in [-0.2, 0) is 11.3 Å². The first-order valence-corrected chi connectivity index (χ1v) is 6.57. The zero-order valence-corrected chi connectivity index (χ0v) is 11.3. The topological polar surface area (TPSA) is 72.9 Å². The normalized spacial score (nSPS) is 12.7. The van der Waals surface area contributed by atoms with E-state index in [9.17, 15) is 4.79 Å². The highest BCUT2D eigenvalue weighted by Gasteiger charge is 2.12. The largest absolute Gasteiger partial charge is 0.356 e. The van der Waals surface area contributed by atoms with E-state index in [0.29, 0.717) is 12.3 Å². The maximum absolute atomic E-state index is 11.5. The van der Waals surface area contributed by atoms with Crippen LogP contribution in [0.1, 0.15) is 33.1 Å². The number of aryl methyl sites for hydroxylation is 1. The summed E-state index contributed by atoms with van der Waals surface area (Å²) in [4.78, 5) is 15.5. The minimum atomic E-state index is -0.0454. The molecule has 5 nitrogen and oxygen atoms in total. The summed E-state index contributed by atoms with van der Waals surface area (Å²) in [5.74, 6) is 0.399. The van der Waals surface area contributed by atoms with Crippen LogP contribution in [-0.4, -0.2) is 28.0 Å². The molecule has 3 N–H and O–H groups in total. The monoisotopic (exact) mass is 252 g/mol. The number of nitrogens with one attached hydrogen (secondary N) is 1. The maximum atomic E-state index is 11.5. The van der Waals surface area contributed by atoms with Crippen LogP contribution >= 0.6 is 0 Å². The highest BCUT2D eigenvalue weighted by atomic mass is 16.1. The zero-order chi connectivity index (χ0) is 13.4. The number of hydrogen-bond acceptors (Lipinski definition) is 3. The molecule has 0 saturated carbocycles. The average Bonchev–Trinajstić information content (AvgIpc) is 2.81. The third kappa shape index (κ3) is 5.82.